The molecule has 2 aromatic carbocycles. The smallest absolute Gasteiger partial charge is 0.261 e. The molecule has 2 aromatic rings. The maximum Gasteiger partial charge on any atom is 0.261 e. The minimum absolute atomic E-state index is 0.0968. The van der Waals surface area contributed by atoms with Crippen LogP contribution in [-0.2, 0) is 4.79 Å². The molecule has 0 aromatic heterocycles. The molecule has 1 amide bonds. The van der Waals surface area contributed by atoms with Crippen molar-refractivity contribution in [3.05, 3.63) is 64.5 Å². The number of nitrogens with one attached hydrogen (secondary N) is 1. The third-order valence-electron chi connectivity index (χ3n) is 4.48. The molecule has 134 valence electrons. The van der Waals surface area contributed by atoms with Crippen LogP contribution in [-0.4, -0.2) is 12.0 Å². The summed E-state index contributed by atoms with van der Waals surface area (Å²) in [6.45, 7) is 9.97. The Bertz CT molecular complexity index is 758. The summed E-state index contributed by atoms with van der Waals surface area (Å²) in [5.41, 5.74) is 4.64. The Morgan fingerprint density at radius 3 is 2.40 bits per heavy atom. The fourth-order valence-electron chi connectivity index (χ4n) is 2.85. The number of aryl methyl sites for hydroxylation is 3. The number of hydrogen-bond acceptors (Lipinski definition) is 2. The van der Waals surface area contributed by atoms with Gasteiger partial charge >= 0.3 is 0 Å². The number of hydrogen-bond donors (Lipinski definition) is 1. The minimum Gasteiger partial charge on any atom is -0.478 e. The maximum atomic E-state index is 13.8. The van der Waals surface area contributed by atoms with E-state index >= 15 is 0 Å². The zero-order valence-electron chi connectivity index (χ0n) is 15.5. The van der Waals surface area contributed by atoms with E-state index < -0.39 is 11.9 Å². The van der Waals surface area contributed by atoms with E-state index in [9.17, 15) is 9.18 Å². The van der Waals surface area contributed by atoms with Crippen LogP contribution in [0.5, 0.6) is 5.75 Å². The van der Waals surface area contributed by atoms with Crippen LogP contribution in [0.15, 0.2) is 36.4 Å². The van der Waals surface area contributed by atoms with Crippen LogP contribution in [0.1, 0.15) is 48.6 Å². The quantitative estimate of drug-likeness (QED) is 0.819. The van der Waals surface area contributed by atoms with Gasteiger partial charge in [-0.25, -0.2) is 4.39 Å². The molecular weight excluding hydrogens is 317 g/mol. The maximum absolute atomic E-state index is 13.8. The molecule has 25 heavy (non-hydrogen) atoms. The topological polar surface area (TPSA) is 38.3 Å². The zero-order chi connectivity index (χ0) is 18.6. The van der Waals surface area contributed by atoms with Gasteiger partial charge in [0.1, 0.15) is 0 Å². The van der Waals surface area contributed by atoms with Gasteiger partial charge in [-0.1, -0.05) is 31.2 Å². The van der Waals surface area contributed by atoms with Gasteiger partial charge in [-0.05, 0) is 68.5 Å². The van der Waals surface area contributed by atoms with Gasteiger partial charge in [0.05, 0.1) is 6.04 Å². The molecule has 0 spiro atoms. The van der Waals surface area contributed by atoms with Gasteiger partial charge in [0, 0.05) is 0 Å². The van der Waals surface area contributed by atoms with Gasteiger partial charge in [-0.3, -0.25) is 4.79 Å². The monoisotopic (exact) mass is 343 g/mol. The van der Waals surface area contributed by atoms with E-state index in [2.05, 4.69) is 31.3 Å². The van der Waals surface area contributed by atoms with Crippen molar-refractivity contribution in [3.8, 4) is 5.75 Å². The van der Waals surface area contributed by atoms with E-state index in [1.807, 2.05) is 20.8 Å². The van der Waals surface area contributed by atoms with Crippen LogP contribution < -0.4 is 10.1 Å². The molecule has 0 aliphatic rings. The molecule has 0 radical (unpaired) electrons. The Hall–Kier alpha value is -2.36. The average molecular weight is 343 g/mol. The summed E-state index contributed by atoms with van der Waals surface area (Å²) in [4.78, 5) is 12.6. The molecule has 0 aliphatic carbocycles. The standard InChI is InChI=1S/C21H26FNO2/c1-6-19(25-20-10-8-7-9-18(20)22)21(24)23-16(5)17-12-14(3)13(2)11-15(17)4/h7-12,16,19H,6H2,1-5H3,(H,23,24)/t16-,19+/m0/s1. The molecule has 0 saturated heterocycles. The first-order valence-electron chi connectivity index (χ1n) is 8.62. The summed E-state index contributed by atoms with van der Waals surface area (Å²) in [5.74, 6) is -0.609. The van der Waals surface area contributed by atoms with Crippen molar-refractivity contribution in [1.82, 2.24) is 5.32 Å². The van der Waals surface area contributed by atoms with Crippen LogP contribution >= 0.6 is 0 Å². The number of halogens is 1. The average Bonchev–Trinajstić information content (AvgIpc) is 2.57. The van der Waals surface area contributed by atoms with Crippen LogP contribution in [0.3, 0.4) is 0 Å². The van der Waals surface area contributed by atoms with Crippen molar-refractivity contribution in [2.24, 2.45) is 0 Å². The van der Waals surface area contributed by atoms with Crippen molar-refractivity contribution >= 4 is 5.91 Å². The van der Waals surface area contributed by atoms with Gasteiger partial charge in [0.25, 0.3) is 5.91 Å². The Balaban J connectivity index is 2.11. The summed E-state index contributed by atoms with van der Waals surface area (Å²) >= 11 is 0. The van der Waals surface area contributed by atoms with Gasteiger partial charge in [-0.15, -0.1) is 0 Å². The number of ether oxygens (including phenoxy) is 1. The zero-order valence-corrected chi connectivity index (χ0v) is 15.5. The molecule has 0 aliphatic heterocycles. The number of amides is 1. The van der Waals surface area contributed by atoms with Gasteiger partial charge in [-0.2, -0.15) is 0 Å². The normalized spacial score (nSPS) is 13.2. The second kappa shape index (κ2) is 8.15. The molecule has 0 bridgehead atoms. The Morgan fingerprint density at radius 1 is 1.12 bits per heavy atom. The molecular formula is C21H26FNO2. The van der Waals surface area contributed by atoms with E-state index in [0.717, 1.165) is 11.1 Å². The lowest BCUT2D eigenvalue weighted by molar-refractivity contribution is -0.128. The summed E-state index contributed by atoms with van der Waals surface area (Å²) < 4.78 is 19.3. The van der Waals surface area contributed by atoms with Crippen molar-refractivity contribution < 1.29 is 13.9 Å². The predicted molar refractivity (Wildman–Crippen MR) is 98.3 cm³/mol. The van der Waals surface area contributed by atoms with Crippen LogP contribution in [0.25, 0.3) is 0 Å². The first-order chi connectivity index (χ1) is 11.8. The molecule has 1 N–H and O–H groups in total. The van der Waals surface area contributed by atoms with Crippen molar-refractivity contribution in [2.75, 3.05) is 0 Å². The number of rotatable bonds is 6. The number of carbonyl (C=O) groups is 1. The Morgan fingerprint density at radius 2 is 1.76 bits per heavy atom. The van der Waals surface area contributed by atoms with Crippen LogP contribution in [0, 0.1) is 26.6 Å². The lowest BCUT2D eigenvalue weighted by Crippen LogP contribution is -2.39. The third-order valence-corrected chi connectivity index (χ3v) is 4.48. The molecule has 0 heterocycles. The van der Waals surface area contributed by atoms with Crippen molar-refractivity contribution in [1.29, 1.82) is 0 Å². The van der Waals surface area contributed by atoms with Crippen molar-refractivity contribution in [3.63, 3.8) is 0 Å². The molecule has 3 nitrogen and oxygen atoms in total. The molecule has 2 atom stereocenters. The van der Waals surface area contributed by atoms with E-state index in [4.69, 9.17) is 4.74 Å². The van der Waals surface area contributed by atoms with Crippen LogP contribution in [0.4, 0.5) is 4.39 Å². The summed E-state index contributed by atoms with van der Waals surface area (Å²) in [7, 11) is 0. The van der Waals surface area contributed by atoms with Crippen LogP contribution in [0.2, 0.25) is 0 Å². The lowest BCUT2D eigenvalue weighted by atomic mass is 9.96. The van der Waals surface area contributed by atoms with E-state index in [0.29, 0.717) is 6.42 Å². The molecule has 0 unspecified atom stereocenters. The van der Waals surface area contributed by atoms with E-state index in [1.165, 1.54) is 23.3 Å². The number of benzene rings is 2. The summed E-state index contributed by atoms with van der Waals surface area (Å²) in [5, 5.41) is 2.99. The SMILES string of the molecule is CC[C@@H](Oc1ccccc1F)C(=O)N[C@@H](C)c1cc(C)c(C)cc1C. The minimum atomic E-state index is -0.730. The first-order valence-corrected chi connectivity index (χ1v) is 8.62. The fraction of sp³-hybridized carbons (Fsp3) is 0.381. The first kappa shape index (κ1) is 19.0. The largest absolute Gasteiger partial charge is 0.478 e. The highest BCUT2D eigenvalue weighted by Gasteiger charge is 2.22. The van der Waals surface area contributed by atoms with Gasteiger partial charge < -0.3 is 10.1 Å². The van der Waals surface area contributed by atoms with E-state index in [1.54, 1.807) is 12.1 Å². The highest BCUT2D eigenvalue weighted by Crippen LogP contribution is 2.23. The lowest BCUT2D eigenvalue weighted by Gasteiger charge is -2.22. The molecule has 0 fully saturated rings. The second-order valence-corrected chi connectivity index (χ2v) is 6.47. The summed E-state index contributed by atoms with van der Waals surface area (Å²) in [6, 6.07) is 10.2. The third kappa shape index (κ3) is 4.59. The number of carbonyl (C=O) groups excluding carboxylic acids is 1. The fourth-order valence-corrected chi connectivity index (χ4v) is 2.85. The highest BCUT2D eigenvalue weighted by molar-refractivity contribution is 5.81. The molecule has 0 saturated carbocycles. The Kier molecular flexibility index (Phi) is 6.18. The van der Waals surface area contributed by atoms with Gasteiger partial charge in [0.2, 0.25) is 0 Å². The highest BCUT2D eigenvalue weighted by atomic mass is 19.1. The molecule has 4 heteroatoms. The second-order valence-electron chi connectivity index (χ2n) is 6.47. The Labute approximate surface area is 149 Å². The number of para-hydroxylation sites is 1. The van der Waals surface area contributed by atoms with Crippen molar-refractivity contribution in [2.45, 2.75) is 53.2 Å². The van der Waals surface area contributed by atoms with E-state index in [-0.39, 0.29) is 17.7 Å². The predicted octanol–water partition coefficient (Wildman–Crippen LogP) is 4.79. The summed E-state index contributed by atoms with van der Waals surface area (Å²) in [6.07, 6.45) is -0.273. The molecule has 2 rings (SSSR count). The van der Waals surface area contributed by atoms with Gasteiger partial charge in [0.15, 0.2) is 17.7 Å².